The second-order valence-corrected chi connectivity index (χ2v) is 3.85. The summed E-state index contributed by atoms with van der Waals surface area (Å²) in [4.78, 5) is 12.5. The van der Waals surface area contributed by atoms with E-state index in [9.17, 15) is 0 Å². The molecule has 0 radical (unpaired) electrons. The van der Waals surface area contributed by atoms with E-state index in [4.69, 9.17) is 0 Å². The zero-order valence-electron chi connectivity index (χ0n) is 10.2. The Bertz CT molecular complexity index is 451. The standard InChI is InChI=1S/C12H17N5/c1-3-17-5-4-16-12(17)6-11(13-2)10-7-14-9-15-8-10/h4-5,7-9,11,13H,3,6H2,1-2H3. The summed E-state index contributed by atoms with van der Waals surface area (Å²) in [6.45, 7) is 3.06. The minimum atomic E-state index is 0.198. The first-order valence-corrected chi connectivity index (χ1v) is 5.77. The molecule has 1 N–H and O–H groups in total. The number of aromatic nitrogens is 4. The van der Waals surface area contributed by atoms with Crippen molar-refractivity contribution >= 4 is 0 Å². The normalized spacial score (nSPS) is 12.6. The van der Waals surface area contributed by atoms with E-state index >= 15 is 0 Å². The van der Waals surface area contributed by atoms with Crippen LogP contribution < -0.4 is 5.32 Å². The summed E-state index contributed by atoms with van der Waals surface area (Å²) in [5.74, 6) is 1.08. The summed E-state index contributed by atoms with van der Waals surface area (Å²) in [5, 5.41) is 3.27. The molecule has 1 atom stereocenters. The molecule has 5 nitrogen and oxygen atoms in total. The van der Waals surface area contributed by atoms with Gasteiger partial charge >= 0.3 is 0 Å². The molecule has 2 rings (SSSR count). The molecular formula is C12H17N5. The molecule has 90 valence electrons. The molecule has 0 spiro atoms. The Hall–Kier alpha value is -1.75. The molecule has 0 aromatic carbocycles. The maximum atomic E-state index is 4.38. The van der Waals surface area contributed by atoms with Gasteiger partial charge < -0.3 is 9.88 Å². The molecule has 0 aliphatic rings. The summed E-state index contributed by atoms with van der Waals surface area (Å²) in [5.41, 5.74) is 1.08. The van der Waals surface area contributed by atoms with Crippen LogP contribution in [-0.4, -0.2) is 26.6 Å². The van der Waals surface area contributed by atoms with Crippen molar-refractivity contribution in [1.29, 1.82) is 0 Å². The predicted octanol–water partition coefficient (Wildman–Crippen LogP) is 1.20. The molecule has 2 aromatic heterocycles. The minimum absolute atomic E-state index is 0.198. The first kappa shape index (κ1) is 11.7. The number of aryl methyl sites for hydroxylation is 1. The topological polar surface area (TPSA) is 55.6 Å². The molecular weight excluding hydrogens is 214 g/mol. The Morgan fingerprint density at radius 1 is 1.35 bits per heavy atom. The summed E-state index contributed by atoms with van der Waals surface area (Å²) in [7, 11) is 1.94. The fourth-order valence-electron chi connectivity index (χ4n) is 1.88. The van der Waals surface area contributed by atoms with E-state index in [2.05, 4.69) is 31.8 Å². The highest BCUT2D eigenvalue weighted by molar-refractivity contribution is 5.12. The largest absolute Gasteiger partial charge is 0.335 e. The number of imidazole rings is 1. The molecule has 5 heteroatoms. The van der Waals surface area contributed by atoms with Gasteiger partial charge in [0.15, 0.2) is 0 Å². The van der Waals surface area contributed by atoms with Crippen LogP contribution in [0.15, 0.2) is 31.1 Å². The third-order valence-electron chi connectivity index (χ3n) is 2.86. The van der Waals surface area contributed by atoms with Crippen LogP contribution >= 0.6 is 0 Å². The second kappa shape index (κ2) is 5.54. The van der Waals surface area contributed by atoms with Crippen LogP contribution in [0.4, 0.5) is 0 Å². The molecule has 0 aliphatic heterocycles. The van der Waals surface area contributed by atoms with Gasteiger partial charge in [0.05, 0.1) is 0 Å². The van der Waals surface area contributed by atoms with E-state index in [1.54, 1.807) is 6.33 Å². The van der Waals surface area contributed by atoms with Gasteiger partial charge in [-0.05, 0) is 14.0 Å². The second-order valence-electron chi connectivity index (χ2n) is 3.85. The van der Waals surface area contributed by atoms with Crippen molar-refractivity contribution in [2.75, 3.05) is 7.05 Å². The van der Waals surface area contributed by atoms with Crippen LogP contribution in [0.2, 0.25) is 0 Å². The molecule has 0 amide bonds. The number of nitrogens with one attached hydrogen (secondary N) is 1. The molecule has 0 fully saturated rings. The molecule has 0 saturated carbocycles. The molecule has 17 heavy (non-hydrogen) atoms. The Kier molecular flexibility index (Phi) is 3.82. The van der Waals surface area contributed by atoms with Gasteiger partial charge in [-0.15, -0.1) is 0 Å². The van der Waals surface area contributed by atoms with Crippen LogP contribution in [0.5, 0.6) is 0 Å². The van der Waals surface area contributed by atoms with Crippen molar-refractivity contribution in [3.05, 3.63) is 42.5 Å². The van der Waals surface area contributed by atoms with Crippen LogP contribution in [0.1, 0.15) is 24.4 Å². The lowest BCUT2D eigenvalue weighted by molar-refractivity contribution is 0.549. The van der Waals surface area contributed by atoms with Gasteiger partial charge in [-0.3, -0.25) is 0 Å². The Balaban J connectivity index is 2.16. The lowest BCUT2D eigenvalue weighted by Gasteiger charge is -2.16. The van der Waals surface area contributed by atoms with Crippen molar-refractivity contribution < 1.29 is 0 Å². The van der Waals surface area contributed by atoms with Crippen molar-refractivity contribution in [2.24, 2.45) is 0 Å². The minimum Gasteiger partial charge on any atom is -0.335 e. The van der Waals surface area contributed by atoms with E-state index in [1.165, 1.54) is 0 Å². The van der Waals surface area contributed by atoms with Gasteiger partial charge in [0.25, 0.3) is 0 Å². The molecule has 2 aromatic rings. The van der Waals surface area contributed by atoms with E-state index in [0.29, 0.717) is 0 Å². The van der Waals surface area contributed by atoms with Crippen LogP contribution in [-0.2, 0) is 13.0 Å². The molecule has 1 unspecified atom stereocenters. The smallest absolute Gasteiger partial charge is 0.115 e. The lowest BCUT2D eigenvalue weighted by atomic mass is 10.1. The number of likely N-dealkylation sites (N-methyl/N-ethyl adjacent to an activating group) is 1. The third kappa shape index (κ3) is 2.68. The predicted molar refractivity (Wildman–Crippen MR) is 65.4 cm³/mol. The quantitative estimate of drug-likeness (QED) is 0.840. The van der Waals surface area contributed by atoms with Gasteiger partial charge in [0, 0.05) is 49.4 Å². The van der Waals surface area contributed by atoms with Crippen LogP contribution in [0, 0.1) is 0 Å². The summed E-state index contributed by atoms with van der Waals surface area (Å²) in [6.07, 6.45) is 9.91. The van der Waals surface area contributed by atoms with E-state index in [1.807, 2.05) is 31.8 Å². The third-order valence-corrected chi connectivity index (χ3v) is 2.86. The monoisotopic (exact) mass is 231 g/mol. The fraction of sp³-hybridized carbons (Fsp3) is 0.417. The fourth-order valence-corrected chi connectivity index (χ4v) is 1.88. The highest BCUT2D eigenvalue weighted by atomic mass is 15.1. The van der Waals surface area contributed by atoms with Gasteiger partial charge in [-0.25, -0.2) is 15.0 Å². The summed E-state index contributed by atoms with van der Waals surface area (Å²) < 4.78 is 2.15. The van der Waals surface area contributed by atoms with Gasteiger partial charge in [-0.1, -0.05) is 0 Å². The molecule has 0 aliphatic carbocycles. The molecule has 2 heterocycles. The van der Waals surface area contributed by atoms with E-state index < -0.39 is 0 Å². The summed E-state index contributed by atoms with van der Waals surface area (Å²) in [6, 6.07) is 0.198. The Morgan fingerprint density at radius 3 is 2.76 bits per heavy atom. The number of hydrogen-bond donors (Lipinski definition) is 1. The number of rotatable bonds is 5. The Morgan fingerprint density at radius 2 is 2.12 bits per heavy atom. The Labute approximate surface area is 101 Å². The van der Waals surface area contributed by atoms with Crippen LogP contribution in [0.3, 0.4) is 0 Å². The molecule has 0 saturated heterocycles. The average Bonchev–Trinajstić information content (AvgIpc) is 2.84. The number of nitrogens with zero attached hydrogens (tertiary/aromatic N) is 4. The van der Waals surface area contributed by atoms with Crippen molar-refractivity contribution in [2.45, 2.75) is 25.9 Å². The maximum absolute atomic E-state index is 4.38. The zero-order valence-corrected chi connectivity index (χ0v) is 10.2. The highest BCUT2D eigenvalue weighted by Gasteiger charge is 2.13. The number of hydrogen-bond acceptors (Lipinski definition) is 4. The van der Waals surface area contributed by atoms with Gasteiger partial charge in [0.2, 0.25) is 0 Å². The van der Waals surface area contributed by atoms with Crippen molar-refractivity contribution in [1.82, 2.24) is 24.8 Å². The highest BCUT2D eigenvalue weighted by Crippen LogP contribution is 2.15. The first-order chi connectivity index (χ1) is 8.35. The first-order valence-electron chi connectivity index (χ1n) is 5.77. The van der Waals surface area contributed by atoms with Gasteiger partial charge in [-0.2, -0.15) is 0 Å². The van der Waals surface area contributed by atoms with Crippen molar-refractivity contribution in [3.63, 3.8) is 0 Å². The van der Waals surface area contributed by atoms with Crippen LogP contribution in [0.25, 0.3) is 0 Å². The van der Waals surface area contributed by atoms with Gasteiger partial charge in [0.1, 0.15) is 12.2 Å². The average molecular weight is 231 g/mol. The van der Waals surface area contributed by atoms with E-state index in [-0.39, 0.29) is 6.04 Å². The van der Waals surface area contributed by atoms with Crippen molar-refractivity contribution in [3.8, 4) is 0 Å². The SMILES string of the molecule is CCn1ccnc1CC(NC)c1cncnc1. The zero-order chi connectivity index (χ0) is 12.1. The molecule has 0 bridgehead atoms. The summed E-state index contributed by atoms with van der Waals surface area (Å²) >= 11 is 0. The maximum Gasteiger partial charge on any atom is 0.115 e. The van der Waals surface area contributed by atoms with E-state index in [0.717, 1.165) is 24.4 Å². The lowest BCUT2D eigenvalue weighted by Crippen LogP contribution is -2.21.